The first-order chi connectivity index (χ1) is 14.4. The molecule has 1 atom stereocenters. The molecule has 2 heterocycles. The normalized spacial score (nSPS) is 15.1. The second kappa shape index (κ2) is 10.9. The predicted octanol–water partition coefficient (Wildman–Crippen LogP) is 4.60. The lowest BCUT2D eigenvalue weighted by molar-refractivity contribution is 0.473. The van der Waals surface area contributed by atoms with Crippen LogP contribution in [-0.4, -0.2) is 50.6 Å². The summed E-state index contributed by atoms with van der Waals surface area (Å²) in [6.45, 7) is 1.99. The number of anilines is 2. The molecule has 0 radical (unpaired) electrons. The van der Waals surface area contributed by atoms with Gasteiger partial charge in [0.05, 0.1) is 10.0 Å². The lowest BCUT2D eigenvalue weighted by Gasteiger charge is -2.23. The fraction of sp³-hybridized carbons (Fsp3) is 0.421. The van der Waals surface area contributed by atoms with E-state index in [1.54, 1.807) is 47.5 Å². The van der Waals surface area contributed by atoms with Gasteiger partial charge in [-0.2, -0.15) is 8.42 Å². The summed E-state index contributed by atoms with van der Waals surface area (Å²) in [5.74, 6) is 2.05. The zero-order valence-corrected chi connectivity index (χ0v) is 20.1. The van der Waals surface area contributed by atoms with Crippen molar-refractivity contribution in [3.8, 4) is 5.75 Å². The number of thiophene rings is 1. The van der Waals surface area contributed by atoms with Gasteiger partial charge in [0.2, 0.25) is 0 Å². The Hall–Kier alpha value is -1.13. The van der Waals surface area contributed by atoms with Crippen LogP contribution in [0.15, 0.2) is 40.7 Å². The van der Waals surface area contributed by atoms with E-state index in [0.29, 0.717) is 42.0 Å². The summed E-state index contributed by atoms with van der Waals surface area (Å²) in [5, 5.41) is 2.17. The van der Waals surface area contributed by atoms with Crippen LogP contribution in [0.3, 0.4) is 0 Å². The minimum atomic E-state index is -3.99. The molecule has 0 bridgehead atoms. The summed E-state index contributed by atoms with van der Waals surface area (Å²) >= 11 is 14.6. The van der Waals surface area contributed by atoms with Crippen molar-refractivity contribution in [1.82, 2.24) is 0 Å². The summed E-state index contributed by atoms with van der Waals surface area (Å²) in [5.41, 5.74) is 7.50. The Bertz CT molecular complexity index is 959. The van der Waals surface area contributed by atoms with E-state index in [4.69, 9.17) is 33.1 Å². The topological polar surface area (TPSA) is 85.0 Å². The van der Waals surface area contributed by atoms with Gasteiger partial charge in [0.25, 0.3) is 0 Å². The second-order valence-electron chi connectivity index (χ2n) is 6.49. The van der Waals surface area contributed by atoms with Crippen LogP contribution >= 0.6 is 46.3 Å². The number of nitrogens with zero attached hydrogens (tertiary/aromatic N) is 2. The van der Waals surface area contributed by atoms with Gasteiger partial charge in [0, 0.05) is 54.8 Å². The van der Waals surface area contributed by atoms with Crippen molar-refractivity contribution >= 4 is 72.2 Å². The number of nitrogens with two attached hydrogens (primary N) is 1. The third-order valence-electron chi connectivity index (χ3n) is 4.55. The second-order valence-corrected chi connectivity index (χ2v) is 11.1. The van der Waals surface area contributed by atoms with E-state index in [1.165, 1.54) is 11.3 Å². The van der Waals surface area contributed by atoms with Crippen LogP contribution in [-0.2, 0) is 10.1 Å². The predicted molar refractivity (Wildman–Crippen MR) is 130 cm³/mol. The highest BCUT2D eigenvalue weighted by molar-refractivity contribution is 8.14. The molecule has 0 aliphatic carbocycles. The van der Waals surface area contributed by atoms with Crippen molar-refractivity contribution < 1.29 is 12.6 Å². The van der Waals surface area contributed by atoms with E-state index in [0.717, 1.165) is 16.5 Å². The zero-order valence-electron chi connectivity index (χ0n) is 16.2. The molecule has 1 aliphatic rings. The number of aliphatic imine (C=N–C) groups is 1. The zero-order chi connectivity index (χ0) is 21.6. The van der Waals surface area contributed by atoms with Crippen molar-refractivity contribution in [2.75, 3.05) is 47.8 Å². The van der Waals surface area contributed by atoms with Crippen LogP contribution in [0.25, 0.3) is 0 Å². The summed E-state index contributed by atoms with van der Waals surface area (Å²) in [6.07, 6.45) is 0.255. The molecule has 0 amide bonds. The monoisotopic (exact) mass is 507 g/mol. The van der Waals surface area contributed by atoms with Crippen LogP contribution in [0, 0.1) is 0 Å². The Balaban J connectivity index is 1.81. The average Bonchev–Trinajstić information content (AvgIpc) is 3.38. The van der Waals surface area contributed by atoms with Gasteiger partial charge in [-0.15, -0.1) is 46.3 Å². The Kier molecular flexibility index (Phi) is 8.59. The van der Waals surface area contributed by atoms with Gasteiger partial charge in [-0.05, 0) is 35.7 Å². The fourth-order valence-corrected chi connectivity index (χ4v) is 6.66. The molecule has 3 rings (SSSR count). The molecule has 1 aromatic heterocycles. The molecule has 0 saturated heterocycles. The van der Waals surface area contributed by atoms with Crippen LogP contribution in [0.2, 0.25) is 0 Å². The quantitative estimate of drug-likeness (QED) is 0.353. The molecular formula is C19H23Cl2N3O3S3. The Morgan fingerprint density at radius 3 is 2.40 bits per heavy atom. The third kappa shape index (κ3) is 5.97. The lowest BCUT2D eigenvalue weighted by atomic mass is 10.2. The Labute approximate surface area is 195 Å². The molecule has 11 heteroatoms. The molecule has 30 heavy (non-hydrogen) atoms. The Morgan fingerprint density at radius 2 is 1.87 bits per heavy atom. The van der Waals surface area contributed by atoms with Gasteiger partial charge >= 0.3 is 10.1 Å². The number of alkyl halides is 2. The first-order valence-electron chi connectivity index (χ1n) is 9.34. The van der Waals surface area contributed by atoms with E-state index >= 15 is 0 Å². The molecule has 2 N–H and O–H groups in total. The summed E-state index contributed by atoms with van der Waals surface area (Å²) in [6, 6.07) is 8.62. The van der Waals surface area contributed by atoms with Crippen LogP contribution in [0.5, 0.6) is 5.75 Å². The van der Waals surface area contributed by atoms with E-state index in [-0.39, 0.29) is 12.2 Å². The van der Waals surface area contributed by atoms with Gasteiger partial charge in [-0.1, -0.05) is 0 Å². The summed E-state index contributed by atoms with van der Waals surface area (Å²) in [4.78, 5) is 6.43. The van der Waals surface area contributed by atoms with Crippen LogP contribution in [0.1, 0.15) is 17.2 Å². The molecule has 0 fully saturated rings. The minimum absolute atomic E-state index is 0.246. The minimum Gasteiger partial charge on any atom is -0.390 e. The smallest absolute Gasteiger partial charge is 0.316 e. The van der Waals surface area contributed by atoms with Crippen LogP contribution in [0.4, 0.5) is 10.7 Å². The Morgan fingerprint density at radius 1 is 1.17 bits per heavy atom. The number of rotatable bonds is 11. The number of hydrogen-bond donors (Lipinski definition) is 1. The van der Waals surface area contributed by atoms with Gasteiger partial charge in [0.15, 0.2) is 0 Å². The van der Waals surface area contributed by atoms with Gasteiger partial charge < -0.3 is 14.8 Å². The summed E-state index contributed by atoms with van der Waals surface area (Å²) < 4.78 is 31.9. The molecule has 1 aliphatic heterocycles. The molecule has 0 spiro atoms. The fourth-order valence-electron chi connectivity index (χ4n) is 3.10. The number of thioether (sulfide) groups is 1. The van der Waals surface area contributed by atoms with Gasteiger partial charge in [-0.25, -0.2) is 0 Å². The molecule has 0 saturated carbocycles. The maximum absolute atomic E-state index is 13.2. The highest BCUT2D eigenvalue weighted by Crippen LogP contribution is 2.37. The largest absolute Gasteiger partial charge is 0.390 e. The SMILES string of the molecule is Nc1sccc1C(CC1=NCCS1)S(=O)(=O)Oc1ccc(N(CCCl)CCCl)cc1. The van der Waals surface area contributed by atoms with E-state index in [9.17, 15) is 8.42 Å². The standard InChI is InChI=1S/C19H23Cl2N3O3S3/c20-6-9-24(10-7-21)14-1-3-15(4-2-14)27-30(25,26)17(13-18-23-8-12-28-18)16-5-11-29-19(16)22/h1-5,11,17H,6-10,12-13,22H2. The summed E-state index contributed by atoms with van der Waals surface area (Å²) in [7, 11) is -3.99. The van der Waals surface area contributed by atoms with Gasteiger partial charge in [0.1, 0.15) is 11.0 Å². The maximum atomic E-state index is 13.2. The molecule has 2 aromatic rings. The molecular weight excluding hydrogens is 485 g/mol. The molecule has 164 valence electrons. The van der Waals surface area contributed by atoms with E-state index in [1.807, 2.05) is 4.90 Å². The van der Waals surface area contributed by atoms with Gasteiger partial charge in [-0.3, -0.25) is 4.99 Å². The van der Waals surface area contributed by atoms with E-state index < -0.39 is 15.4 Å². The first kappa shape index (κ1) is 23.5. The number of hydrogen-bond acceptors (Lipinski definition) is 8. The van der Waals surface area contributed by atoms with Crippen molar-refractivity contribution in [1.29, 1.82) is 0 Å². The lowest BCUT2D eigenvalue weighted by Crippen LogP contribution is -2.27. The molecule has 6 nitrogen and oxygen atoms in total. The van der Waals surface area contributed by atoms with Crippen molar-refractivity contribution in [3.05, 3.63) is 41.3 Å². The van der Waals surface area contributed by atoms with Crippen molar-refractivity contribution in [2.45, 2.75) is 11.7 Å². The van der Waals surface area contributed by atoms with Crippen LogP contribution < -0.4 is 14.8 Å². The third-order valence-corrected chi connectivity index (χ3v) is 8.21. The van der Waals surface area contributed by atoms with E-state index in [2.05, 4.69) is 4.99 Å². The highest BCUT2D eigenvalue weighted by Gasteiger charge is 2.33. The first-order valence-corrected chi connectivity index (χ1v) is 13.7. The van der Waals surface area contributed by atoms with Crippen molar-refractivity contribution in [2.24, 2.45) is 4.99 Å². The number of benzene rings is 1. The highest BCUT2D eigenvalue weighted by atomic mass is 35.5. The molecule has 1 aromatic carbocycles. The number of halogens is 2. The molecule has 1 unspecified atom stereocenters. The maximum Gasteiger partial charge on any atom is 0.316 e. The average molecular weight is 509 g/mol. The van der Waals surface area contributed by atoms with Crippen molar-refractivity contribution in [3.63, 3.8) is 0 Å². The number of nitrogen functional groups attached to an aromatic ring is 1.